The molecule has 2 aliphatic carbocycles. The van der Waals surface area contributed by atoms with Crippen LogP contribution in [0.15, 0.2) is 29.4 Å². The molecule has 0 heterocycles. The van der Waals surface area contributed by atoms with Gasteiger partial charge in [-0.05, 0) is 68.7 Å². The second-order valence-corrected chi connectivity index (χ2v) is 5.58. The third kappa shape index (κ3) is 2.69. The van der Waals surface area contributed by atoms with Gasteiger partial charge in [0.2, 0.25) is 0 Å². The fraction of sp³-hybridized carbons (Fsp3) is 0.500. The smallest absolute Gasteiger partial charge is 0.271 e. The van der Waals surface area contributed by atoms with Crippen molar-refractivity contribution in [2.45, 2.75) is 32.6 Å². The Morgan fingerprint density at radius 1 is 1.35 bits per heavy atom. The number of carbonyl (C=O) groups excluding carboxylic acids is 1. The molecule has 0 saturated heterocycles. The van der Waals surface area contributed by atoms with E-state index in [2.05, 4.69) is 10.5 Å². The zero-order chi connectivity index (χ0) is 13.9. The minimum absolute atomic E-state index is 0.150. The van der Waals surface area contributed by atoms with Gasteiger partial charge in [0.15, 0.2) is 0 Å². The van der Waals surface area contributed by atoms with Crippen LogP contribution in [0.3, 0.4) is 0 Å². The predicted molar refractivity (Wildman–Crippen MR) is 78.0 cm³/mol. The molecule has 1 aromatic rings. The fourth-order valence-corrected chi connectivity index (χ4v) is 3.22. The van der Waals surface area contributed by atoms with Crippen molar-refractivity contribution >= 4 is 11.6 Å². The number of amides is 1. The molecule has 0 radical (unpaired) electrons. The molecule has 1 aromatic carbocycles. The molecule has 0 aromatic heterocycles. The molecular formula is C16H20N2O2. The van der Waals surface area contributed by atoms with E-state index in [0.717, 1.165) is 18.1 Å². The third-order valence-corrected chi connectivity index (χ3v) is 4.24. The van der Waals surface area contributed by atoms with Crippen molar-refractivity contribution in [2.75, 3.05) is 6.61 Å². The Hall–Kier alpha value is -1.84. The van der Waals surface area contributed by atoms with Gasteiger partial charge in [0.25, 0.3) is 5.91 Å². The molecular weight excluding hydrogens is 252 g/mol. The molecule has 4 heteroatoms. The molecule has 0 spiro atoms. The van der Waals surface area contributed by atoms with Crippen LogP contribution in [0.4, 0.5) is 0 Å². The van der Waals surface area contributed by atoms with Gasteiger partial charge in [0.05, 0.1) is 6.61 Å². The SMILES string of the molecule is CCOc1ccc(C(=O)N/N=C2\C[C@@H]3CC[C@@H]2C3)cc1. The van der Waals surface area contributed by atoms with E-state index in [-0.39, 0.29) is 5.91 Å². The van der Waals surface area contributed by atoms with Gasteiger partial charge in [-0.2, -0.15) is 5.10 Å². The summed E-state index contributed by atoms with van der Waals surface area (Å²) in [6.45, 7) is 2.56. The molecule has 2 saturated carbocycles. The Morgan fingerprint density at radius 3 is 2.75 bits per heavy atom. The van der Waals surface area contributed by atoms with Gasteiger partial charge in [-0.25, -0.2) is 5.43 Å². The molecule has 4 nitrogen and oxygen atoms in total. The predicted octanol–water partition coefficient (Wildman–Crippen LogP) is 2.99. The van der Waals surface area contributed by atoms with E-state index in [1.807, 2.05) is 19.1 Å². The second-order valence-electron chi connectivity index (χ2n) is 5.58. The van der Waals surface area contributed by atoms with Crippen LogP contribution in [0, 0.1) is 11.8 Å². The first-order chi connectivity index (χ1) is 9.76. The highest BCUT2D eigenvalue weighted by Gasteiger charge is 2.36. The Balaban J connectivity index is 1.60. The number of nitrogens with zero attached hydrogens (tertiary/aromatic N) is 1. The molecule has 2 bridgehead atoms. The van der Waals surface area contributed by atoms with Crippen molar-refractivity contribution in [1.29, 1.82) is 0 Å². The second kappa shape index (κ2) is 5.65. The van der Waals surface area contributed by atoms with Gasteiger partial charge in [0, 0.05) is 11.3 Å². The van der Waals surface area contributed by atoms with Crippen LogP contribution in [0.5, 0.6) is 5.75 Å². The van der Waals surface area contributed by atoms with Gasteiger partial charge in [0.1, 0.15) is 5.75 Å². The lowest BCUT2D eigenvalue weighted by molar-refractivity contribution is 0.0954. The van der Waals surface area contributed by atoms with Crippen LogP contribution >= 0.6 is 0 Å². The van der Waals surface area contributed by atoms with Crippen molar-refractivity contribution in [1.82, 2.24) is 5.43 Å². The maximum atomic E-state index is 12.0. The number of rotatable bonds is 4. The molecule has 2 fully saturated rings. The van der Waals surface area contributed by atoms with Gasteiger partial charge in [-0.15, -0.1) is 0 Å². The third-order valence-electron chi connectivity index (χ3n) is 4.24. The number of benzene rings is 1. The highest BCUT2D eigenvalue weighted by Crippen LogP contribution is 2.42. The monoisotopic (exact) mass is 272 g/mol. The number of fused-ring (bicyclic) bond motifs is 2. The van der Waals surface area contributed by atoms with Crippen LogP contribution in [-0.2, 0) is 0 Å². The van der Waals surface area contributed by atoms with E-state index in [4.69, 9.17) is 4.74 Å². The maximum absolute atomic E-state index is 12.0. The number of hydrogen-bond acceptors (Lipinski definition) is 3. The molecule has 2 atom stereocenters. The molecule has 106 valence electrons. The van der Waals surface area contributed by atoms with Gasteiger partial charge in [-0.1, -0.05) is 0 Å². The Kier molecular flexibility index (Phi) is 3.72. The number of hydrazone groups is 1. The summed E-state index contributed by atoms with van der Waals surface area (Å²) in [5.74, 6) is 2.05. The minimum atomic E-state index is -0.150. The fourth-order valence-electron chi connectivity index (χ4n) is 3.22. The van der Waals surface area contributed by atoms with Crippen LogP contribution in [0.25, 0.3) is 0 Å². The summed E-state index contributed by atoms with van der Waals surface area (Å²) in [4.78, 5) is 12.0. The number of nitrogens with one attached hydrogen (secondary N) is 1. The van der Waals surface area contributed by atoms with Crippen LogP contribution in [0.2, 0.25) is 0 Å². The van der Waals surface area contributed by atoms with Crippen LogP contribution in [0.1, 0.15) is 43.0 Å². The standard InChI is InChI=1S/C16H20N2O2/c1-2-20-14-7-5-12(6-8-14)16(19)18-17-15-10-11-3-4-13(15)9-11/h5-8,11,13H,2-4,9-10H2,1H3,(H,18,19)/b17-15+/t11-,13-/m1/s1. The van der Waals surface area contributed by atoms with Gasteiger partial charge in [-0.3, -0.25) is 4.79 Å². The van der Waals surface area contributed by atoms with E-state index in [1.165, 1.54) is 25.0 Å². The topological polar surface area (TPSA) is 50.7 Å². The molecule has 20 heavy (non-hydrogen) atoms. The molecule has 0 aliphatic heterocycles. The molecule has 0 unspecified atom stereocenters. The highest BCUT2D eigenvalue weighted by atomic mass is 16.5. The number of hydrogen-bond donors (Lipinski definition) is 1. The number of ether oxygens (including phenoxy) is 1. The summed E-state index contributed by atoms with van der Waals surface area (Å²) in [7, 11) is 0. The first kappa shape index (κ1) is 13.2. The lowest BCUT2D eigenvalue weighted by Gasteiger charge is -2.11. The van der Waals surface area contributed by atoms with Crippen LogP contribution in [-0.4, -0.2) is 18.2 Å². The lowest BCUT2D eigenvalue weighted by Crippen LogP contribution is -2.21. The summed E-state index contributed by atoms with van der Waals surface area (Å²) in [5.41, 5.74) is 4.48. The summed E-state index contributed by atoms with van der Waals surface area (Å²) < 4.78 is 5.36. The quantitative estimate of drug-likeness (QED) is 0.857. The van der Waals surface area contributed by atoms with Crippen molar-refractivity contribution in [3.05, 3.63) is 29.8 Å². The molecule has 1 N–H and O–H groups in total. The van der Waals surface area contributed by atoms with Crippen molar-refractivity contribution in [2.24, 2.45) is 16.9 Å². The van der Waals surface area contributed by atoms with E-state index in [0.29, 0.717) is 18.1 Å². The first-order valence-corrected chi connectivity index (χ1v) is 7.36. The van der Waals surface area contributed by atoms with Crippen molar-refractivity contribution in [3.8, 4) is 5.75 Å². The Morgan fingerprint density at radius 2 is 2.15 bits per heavy atom. The molecule has 3 rings (SSSR count). The van der Waals surface area contributed by atoms with Crippen molar-refractivity contribution < 1.29 is 9.53 Å². The Labute approximate surface area is 119 Å². The summed E-state index contributed by atoms with van der Waals surface area (Å²) in [5, 5.41) is 4.33. The summed E-state index contributed by atoms with van der Waals surface area (Å²) in [6, 6.07) is 7.15. The van der Waals surface area contributed by atoms with Crippen molar-refractivity contribution in [3.63, 3.8) is 0 Å². The van der Waals surface area contributed by atoms with Gasteiger partial charge >= 0.3 is 0 Å². The first-order valence-electron chi connectivity index (χ1n) is 7.36. The normalized spacial score (nSPS) is 25.9. The van der Waals surface area contributed by atoms with E-state index >= 15 is 0 Å². The largest absolute Gasteiger partial charge is 0.494 e. The zero-order valence-corrected chi connectivity index (χ0v) is 11.8. The highest BCUT2D eigenvalue weighted by molar-refractivity contribution is 5.96. The van der Waals surface area contributed by atoms with Gasteiger partial charge < -0.3 is 4.74 Å². The molecule has 2 aliphatic rings. The van der Waals surface area contributed by atoms with E-state index in [1.54, 1.807) is 12.1 Å². The van der Waals surface area contributed by atoms with Crippen LogP contribution < -0.4 is 10.2 Å². The zero-order valence-electron chi connectivity index (χ0n) is 11.8. The average Bonchev–Trinajstić information content (AvgIpc) is 3.08. The average molecular weight is 272 g/mol. The molecule has 1 amide bonds. The summed E-state index contributed by atoms with van der Waals surface area (Å²) in [6.07, 6.45) is 4.89. The summed E-state index contributed by atoms with van der Waals surface area (Å²) >= 11 is 0. The Bertz CT molecular complexity index is 522. The number of carbonyl (C=O) groups is 1. The van der Waals surface area contributed by atoms with E-state index < -0.39 is 0 Å². The van der Waals surface area contributed by atoms with E-state index in [9.17, 15) is 4.79 Å². The minimum Gasteiger partial charge on any atom is -0.494 e. The maximum Gasteiger partial charge on any atom is 0.271 e. The lowest BCUT2D eigenvalue weighted by atomic mass is 9.99.